The first-order valence-corrected chi connectivity index (χ1v) is 3.42. The lowest BCUT2D eigenvalue weighted by atomic mass is 10.1. The molecule has 0 aromatic carbocycles. The lowest BCUT2D eigenvalue weighted by molar-refractivity contribution is 0.0695. The summed E-state index contributed by atoms with van der Waals surface area (Å²) < 4.78 is 0. The van der Waals surface area contributed by atoms with Gasteiger partial charge in [0.15, 0.2) is 0 Å². The second-order valence-corrected chi connectivity index (χ2v) is 2.19. The van der Waals surface area contributed by atoms with Gasteiger partial charge < -0.3 is 5.11 Å². The minimum Gasteiger partial charge on any atom is -0.478 e. The number of aromatic nitrogens is 1. The Hall–Kier alpha value is -1.09. The molecule has 1 heterocycles. The van der Waals surface area contributed by atoms with E-state index in [-0.39, 0.29) is 12.4 Å². The minimum absolute atomic E-state index is 0. The van der Waals surface area contributed by atoms with Crippen molar-refractivity contribution >= 4 is 18.4 Å². The molecule has 0 atom stereocenters. The predicted octanol–water partition coefficient (Wildman–Crippen LogP) is 1.76. The van der Waals surface area contributed by atoms with Crippen LogP contribution in [0.4, 0.5) is 0 Å². The van der Waals surface area contributed by atoms with E-state index in [1.807, 2.05) is 6.92 Å². The summed E-state index contributed by atoms with van der Waals surface area (Å²) in [6.07, 6.45) is 3.78. The van der Waals surface area contributed by atoms with Crippen molar-refractivity contribution < 1.29 is 9.90 Å². The Balaban J connectivity index is 0.00000121. The van der Waals surface area contributed by atoms with Gasteiger partial charge in [-0.05, 0) is 18.1 Å². The molecule has 0 aliphatic heterocycles. The van der Waals surface area contributed by atoms with Crippen LogP contribution in [-0.2, 0) is 6.42 Å². The highest BCUT2D eigenvalue weighted by atomic mass is 35.5. The molecule has 3 nitrogen and oxygen atoms in total. The summed E-state index contributed by atoms with van der Waals surface area (Å²) in [4.78, 5) is 14.4. The Morgan fingerprint density at radius 3 is 2.75 bits per heavy atom. The van der Waals surface area contributed by atoms with Crippen LogP contribution in [-0.4, -0.2) is 16.1 Å². The lowest BCUT2D eigenvalue weighted by Gasteiger charge is -1.99. The zero-order valence-corrected chi connectivity index (χ0v) is 7.47. The summed E-state index contributed by atoms with van der Waals surface area (Å²) in [6, 6.07) is 1.52. The maximum Gasteiger partial charge on any atom is 0.336 e. The molecule has 0 aliphatic carbocycles. The Morgan fingerprint density at radius 2 is 2.33 bits per heavy atom. The molecule has 0 spiro atoms. The van der Waals surface area contributed by atoms with Crippen molar-refractivity contribution in [2.75, 3.05) is 0 Å². The van der Waals surface area contributed by atoms with Crippen LogP contribution >= 0.6 is 12.4 Å². The van der Waals surface area contributed by atoms with Gasteiger partial charge in [-0.25, -0.2) is 4.79 Å². The van der Waals surface area contributed by atoms with Crippen molar-refractivity contribution in [3.8, 4) is 0 Å². The molecule has 1 aromatic rings. The van der Waals surface area contributed by atoms with Crippen molar-refractivity contribution in [1.82, 2.24) is 4.98 Å². The fraction of sp³-hybridized carbons (Fsp3) is 0.250. The fourth-order valence-electron chi connectivity index (χ4n) is 0.918. The molecule has 0 bridgehead atoms. The monoisotopic (exact) mass is 187 g/mol. The van der Waals surface area contributed by atoms with Crippen LogP contribution in [0.2, 0.25) is 0 Å². The predicted molar refractivity (Wildman–Crippen MR) is 47.8 cm³/mol. The number of pyridine rings is 1. The van der Waals surface area contributed by atoms with E-state index in [1.54, 1.807) is 6.20 Å². The van der Waals surface area contributed by atoms with Crippen molar-refractivity contribution in [1.29, 1.82) is 0 Å². The van der Waals surface area contributed by atoms with Gasteiger partial charge in [-0.2, -0.15) is 0 Å². The van der Waals surface area contributed by atoms with Crippen LogP contribution in [0.5, 0.6) is 0 Å². The third kappa shape index (κ3) is 2.20. The number of halogens is 1. The zero-order chi connectivity index (χ0) is 8.27. The maximum absolute atomic E-state index is 10.6. The first-order chi connectivity index (χ1) is 5.25. The van der Waals surface area contributed by atoms with Gasteiger partial charge in [0.1, 0.15) is 0 Å². The van der Waals surface area contributed by atoms with Gasteiger partial charge in [0.2, 0.25) is 0 Å². The van der Waals surface area contributed by atoms with Crippen LogP contribution in [0.3, 0.4) is 0 Å². The van der Waals surface area contributed by atoms with E-state index in [0.717, 1.165) is 5.56 Å². The molecule has 4 heteroatoms. The normalized spacial score (nSPS) is 8.75. The summed E-state index contributed by atoms with van der Waals surface area (Å²) in [7, 11) is 0. The number of carbonyl (C=O) groups is 1. The molecule has 0 aliphatic rings. The molecule has 0 radical (unpaired) electrons. The Bertz CT molecular complexity index is 276. The van der Waals surface area contributed by atoms with Gasteiger partial charge in [-0.15, -0.1) is 12.4 Å². The zero-order valence-electron chi connectivity index (χ0n) is 6.65. The molecule has 0 saturated heterocycles. The second kappa shape index (κ2) is 4.72. The number of aryl methyl sites for hydroxylation is 1. The molecule has 66 valence electrons. The summed E-state index contributed by atoms with van der Waals surface area (Å²) in [6.45, 7) is 1.91. The molecule has 1 N–H and O–H groups in total. The Morgan fingerprint density at radius 1 is 1.67 bits per heavy atom. The van der Waals surface area contributed by atoms with Crippen LogP contribution < -0.4 is 0 Å². The number of nitrogens with zero attached hydrogens (tertiary/aromatic N) is 1. The quantitative estimate of drug-likeness (QED) is 0.768. The van der Waals surface area contributed by atoms with Crippen LogP contribution in [0.15, 0.2) is 18.5 Å². The first-order valence-electron chi connectivity index (χ1n) is 3.42. The summed E-state index contributed by atoms with van der Waals surface area (Å²) in [5, 5.41) is 8.67. The van der Waals surface area contributed by atoms with Gasteiger partial charge >= 0.3 is 5.97 Å². The number of aromatic carboxylic acids is 1. The molecule has 1 aromatic heterocycles. The highest BCUT2D eigenvalue weighted by molar-refractivity contribution is 5.89. The Kier molecular flexibility index (Phi) is 4.29. The highest BCUT2D eigenvalue weighted by Crippen LogP contribution is 2.06. The molecule has 0 unspecified atom stereocenters. The van der Waals surface area contributed by atoms with Gasteiger partial charge in [0, 0.05) is 12.4 Å². The third-order valence-electron chi connectivity index (χ3n) is 1.51. The van der Waals surface area contributed by atoms with Crippen LogP contribution in [0, 0.1) is 0 Å². The standard InChI is InChI=1S/C8H9NO2.ClH/c1-2-6-5-9-4-3-7(6)8(10)11;/h3-5H,2H2,1H3,(H,10,11);1H. The largest absolute Gasteiger partial charge is 0.478 e. The van der Waals surface area contributed by atoms with Gasteiger partial charge in [-0.1, -0.05) is 6.92 Å². The van der Waals surface area contributed by atoms with E-state index in [4.69, 9.17) is 5.11 Å². The summed E-state index contributed by atoms with van der Waals surface area (Å²) in [5.74, 6) is -0.885. The van der Waals surface area contributed by atoms with E-state index in [1.165, 1.54) is 12.3 Å². The molecule has 0 amide bonds. The molecule has 0 saturated carbocycles. The average Bonchev–Trinajstić information content (AvgIpc) is 2.04. The number of rotatable bonds is 2. The third-order valence-corrected chi connectivity index (χ3v) is 1.51. The van der Waals surface area contributed by atoms with E-state index in [2.05, 4.69) is 4.98 Å². The molecular formula is C8H10ClNO2. The van der Waals surface area contributed by atoms with Crippen LogP contribution in [0.25, 0.3) is 0 Å². The summed E-state index contributed by atoms with van der Waals surface area (Å²) >= 11 is 0. The van der Waals surface area contributed by atoms with E-state index in [0.29, 0.717) is 12.0 Å². The first kappa shape index (κ1) is 10.9. The van der Waals surface area contributed by atoms with Crippen molar-refractivity contribution in [3.05, 3.63) is 29.6 Å². The van der Waals surface area contributed by atoms with Crippen LogP contribution in [0.1, 0.15) is 22.8 Å². The maximum atomic E-state index is 10.6. The topological polar surface area (TPSA) is 50.2 Å². The van der Waals surface area contributed by atoms with Gasteiger partial charge in [0.05, 0.1) is 5.56 Å². The van der Waals surface area contributed by atoms with Gasteiger partial charge in [-0.3, -0.25) is 4.98 Å². The Labute approximate surface area is 76.9 Å². The molecule has 1 rings (SSSR count). The van der Waals surface area contributed by atoms with Gasteiger partial charge in [0.25, 0.3) is 0 Å². The molecular weight excluding hydrogens is 178 g/mol. The lowest BCUT2D eigenvalue weighted by Crippen LogP contribution is -2.01. The average molecular weight is 188 g/mol. The van der Waals surface area contributed by atoms with E-state index >= 15 is 0 Å². The number of carboxylic acid groups (broad SMARTS) is 1. The molecule has 0 fully saturated rings. The van der Waals surface area contributed by atoms with Crippen molar-refractivity contribution in [2.45, 2.75) is 13.3 Å². The van der Waals surface area contributed by atoms with E-state index in [9.17, 15) is 4.79 Å². The fourth-order valence-corrected chi connectivity index (χ4v) is 0.918. The smallest absolute Gasteiger partial charge is 0.336 e. The van der Waals surface area contributed by atoms with E-state index < -0.39 is 5.97 Å². The SMILES string of the molecule is CCc1cnccc1C(=O)O.Cl. The minimum atomic E-state index is -0.885. The highest BCUT2D eigenvalue weighted by Gasteiger charge is 2.06. The number of hydrogen-bond donors (Lipinski definition) is 1. The summed E-state index contributed by atoms with van der Waals surface area (Å²) in [5.41, 5.74) is 1.13. The molecule has 12 heavy (non-hydrogen) atoms. The second-order valence-electron chi connectivity index (χ2n) is 2.19. The van der Waals surface area contributed by atoms with Crippen molar-refractivity contribution in [3.63, 3.8) is 0 Å². The van der Waals surface area contributed by atoms with Crippen molar-refractivity contribution in [2.24, 2.45) is 0 Å². The number of hydrogen-bond acceptors (Lipinski definition) is 2. The number of carboxylic acids is 1.